The molecule has 2 rings (SSSR count). The first kappa shape index (κ1) is 9.70. The molecule has 80 valence electrons. The van der Waals surface area contributed by atoms with Gasteiger partial charge in [0.25, 0.3) is 0 Å². The van der Waals surface area contributed by atoms with Gasteiger partial charge in [0, 0.05) is 6.54 Å². The van der Waals surface area contributed by atoms with Gasteiger partial charge in [0.05, 0.1) is 5.69 Å². The van der Waals surface area contributed by atoms with Gasteiger partial charge < -0.3 is 10.2 Å². The van der Waals surface area contributed by atoms with Crippen LogP contribution in [0.5, 0.6) is 0 Å². The fourth-order valence-corrected chi connectivity index (χ4v) is 1.86. The number of hydrogen-bond acceptors (Lipinski definition) is 3. The molecule has 1 aliphatic rings. The minimum absolute atomic E-state index is 0.151. The molecule has 15 heavy (non-hydrogen) atoms. The Kier molecular flexibility index (Phi) is 2.18. The predicted molar refractivity (Wildman–Crippen MR) is 49.1 cm³/mol. The average molecular weight is 210 g/mol. The van der Waals surface area contributed by atoms with Crippen molar-refractivity contribution in [1.29, 1.82) is 0 Å². The van der Waals surface area contributed by atoms with Crippen molar-refractivity contribution in [3.8, 4) is 0 Å². The summed E-state index contributed by atoms with van der Waals surface area (Å²) in [5.74, 6) is -2.50. The Morgan fingerprint density at radius 2 is 1.93 bits per heavy atom. The number of aromatic nitrogens is 2. The van der Waals surface area contributed by atoms with E-state index in [-0.39, 0.29) is 11.3 Å². The molecule has 0 aliphatic carbocycles. The lowest BCUT2D eigenvalue weighted by Crippen LogP contribution is -2.13. The maximum absolute atomic E-state index is 10.9. The van der Waals surface area contributed by atoms with E-state index >= 15 is 0 Å². The van der Waals surface area contributed by atoms with Gasteiger partial charge in [-0.2, -0.15) is 5.10 Å². The van der Waals surface area contributed by atoms with Crippen LogP contribution in [0.4, 0.5) is 0 Å². The maximum atomic E-state index is 10.9. The molecule has 0 bridgehead atoms. The van der Waals surface area contributed by atoms with Crippen LogP contribution in [-0.2, 0) is 13.0 Å². The first-order valence-electron chi connectivity index (χ1n) is 4.67. The van der Waals surface area contributed by atoms with Crippen LogP contribution in [0, 0.1) is 0 Å². The Bertz CT molecular complexity index is 436. The summed E-state index contributed by atoms with van der Waals surface area (Å²) < 4.78 is 1.50. The summed E-state index contributed by atoms with van der Waals surface area (Å²) in [6.45, 7) is 0.600. The highest BCUT2D eigenvalue weighted by molar-refractivity contribution is 6.01. The summed E-state index contributed by atoms with van der Waals surface area (Å²) in [7, 11) is 0. The average Bonchev–Trinajstić information content (AvgIpc) is 2.56. The zero-order valence-electron chi connectivity index (χ0n) is 7.93. The van der Waals surface area contributed by atoms with E-state index in [4.69, 9.17) is 10.2 Å². The van der Waals surface area contributed by atoms with Gasteiger partial charge in [0.2, 0.25) is 0 Å². The van der Waals surface area contributed by atoms with E-state index in [2.05, 4.69) is 5.10 Å². The van der Waals surface area contributed by atoms with E-state index in [0.717, 1.165) is 12.8 Å². The molecule has 6 nitrogen and oxygen atoms in total. The summed E-state index contributed by atoms with van der Waals surface area (Å²) >= 11 is 0. The van der Waals surface area contributed by atoms with Crippen molar-refractivity contribution in [3.63, 3.8) is 0 Å². The molecule has 1 aliphatic heterocycles. The lowest BCUT2D eigenvalue weighted by atomic mass is 10.1. The number of fused-ring (bicyclic) bond motifs is 1. The van der Waals surface area contributed by atoms with Crippen LogP contribution < -0.4 is 0 Å². The second-order valence-electron chi connectivity index (χ2n) is 3.46. The summed E-state index contributed by atoms with van der Waals surface area (Å²) in [6.07, 6.45) is 2.37. The number of carboxylic acids is 2. The monoisotopic (exact) mass is 210 g/mol. The SMILES string of the molecule is O=C(O)c1nn2c(c1C(=O)O)CCCC2. The summed E-state index contributed by atoms with van der Waals surface area (Å²) in [5.41, 5.74) is 0.0350. The van der Waals surface area contributed by atoms with E-state index in [1.54, 1.807) is 0 Å². The normalized spacial score (nSPS) is 14.7. The van der Waals surface area contributed by atoms with Crippen LogP contribution >= 0.6 is 0 Å². The standard InChI is InChI=1S/C9H10N2O4/c12-8(13)6-5-3-1-2-4-11(5)10-7(6)9(14)15/h1-4H2,(H,12,13)(H,14,15). The second-order valence-corrected chi connectivity index (χ2v) is 3.46. The maximum Gasteiger partial charge on any atom is 0.357 e. The van der Waals surface area contributed by atoms with Crippen molar-refractivity contribution in [2.75, 3.05) is 0 Å². The Labute approximate surface area is 85.1 Å². The molecule has 0 saturated carbocycles. The van der Waals surface area contributed by atoms with Gasteiger partial charge >= 0.3 is 11.9 Å². The highest BCUT2D eigenvalue weighted by Crippen LogP contribution is 2.21. The lowest BCUT2D eigenvalue weighted by molar-refractivity contribution is 0.0647. The van der Waals surface area contributed by atoms with Gasteiger partial charge in [-0.25, -0.2) is 9.59 Å². The molecular weight excluding hydrogens is 200 g/mol. The van der Waals surface area contributed by atoms with Crippen LogP contribution in [-0.4, -0.2) is 31.9 Å². The molecule has 1 aromatic rings. The minimum atomic E-state index is -1.28. The fraction of sp³-hybridized carbons (Fsp3) is 0.444. The molecule has 1 aromatic heterocycles. The highest BCUT2D eigenvalue weighted by atomic mass is 16.4. The number of rotatable bonds is 2. The Morgan fingerprint density at radius 1 is 1.20 bits per heavy atom. The predicted octanol–water partition coefficient (Wildman–Crippen LogP) is 0.616. The van der Waals surface area contributed by atoms with Crippen molar-refractivity contribution in [2.45, 2.75) is 25.8 Å². The minimum Gasteiger partial charge on any atom is -0.478 e. The van der Waals surface area contributed by atoms with E-state index in [1.165, 1.54) is 4.68 Å². The largest absolute Gasteiger partial charge is 0.478 e. The molecule has 0 atom stereocenters. The molecule has 0 saturated heterocycles. The van der Waals surface area contributed by atoms with Gasteiger partial charge in [-0.15, -0.1) is 0 Å². The number of aryl methyl sites for hydroxylation is 1. The van der Waals surface area contributed by atoms with Crippen LogP contribution in [0.25, 0.3) is 0 Å². The fourth-order valence-electron chi connectivity index (χ4n) is 1.86. The Balaban J connectivity index is 2.61. The quantitative estimate of drug-likeness (QED) is 0.746. The van der Waals surface area contributed by atoms with Gasteiger partial charge in [-0.1, -0.05) is 0 Å². The van der Waals surface area contributed by atoms with Crippen molar-refractivity contribution in [3.05, 3.63) is 17.0 Å². The molecule has 0 spiro atoms. The van der Waals surface area contributed by atoms with Crippen LogP contribution in [0.1, 0.15) is 39.4 Å². The van der Waals surface area contributed by atoms with E-state index in [9.17, 15) is 9.59 Å². The van der Waals surface area contributed by atoms with Gasteiger partial charge in [-0.05, 0) is 19.3 Å². The molecule has 2 heterocycles. The summed E-state index contributed by atoms with van der Waals surface area (Å²) in [6, 6.07) is 0. The lowest BCUT2D eigenvalue weighted by Gasteiger charge is -2.12. The van der Waals surface area contributed by atoms with Crippen molar-refractivity contribution >= 4 is 11.9 Å². The number of carboxylic acid groups (broad SMARTS) is 2. The second kappa shape index (κ2) is 3.38. The summed E-state index contributed by atoms with van der Waals surface area (Å²) in [5, 5.41) is 21.6. The number of aromatic carboxylic acids is 2. The van der Waals surface area contributed by atoms with Gasteiger partial charge in [-0.3, -0.25) is 4.68 Å². The third kappa shape index (κ3) is 1.47. The Hall–Kier alpha value is -1.85. The topological polar surface area (TPSA) is 92.4 Å². The molecule has 6 heteroatoms. The third-order valence-electron chi connectivity index (χ3n) is 2.51. The van der Waals surface area contributed by atoms with Crippen molar-refractivity contribution in [1.82, 2.24) is 9.78 Å². The zero-order valence-corrected chi connectivity index (χ0v) is 7.93. The molecule has 0 unspecified atom stereocenters. The molecular formula is C9H10N2O4. The Morgan fingerprint density at radius 3 is 2.53 bits per heavy atom. The highest BCUT2D eigenvalue weighted by Gasteiger charge is 2.28. The van der Waals surface area contributed by atoms with Gasteiger partial charge in [0.1, 0.15) is 5.56 Å². The molecule has 0 amide bonds. The smallest absolute Gasteiger partial charge is 0.357 e. The van der Waals surface area contributed by atoms with Crippen molar-refractivity contribution < 1.29 is 19.8 Å². The van der Waals surface area contributed by atoms with Crippen LogP contribution in [0.3, 0.4) is 0 Å². The number of hydrogen-bond donors (Lipinski definition) is 2. The van der Waals surface area contributed by atoms with Crippen molar-refractivity contribution in [2.24, 2.45) is 0 Å². The zero-order chi connectivity index (χ0) is 11.0. The van der Waals surface area contributed by atoms with Crippen LogP contribution in [0.15, 0.2) is 0 Å². The molecule has 0 fully saturated rings. The van der Waals surface area contributed by atoms with Crippen LogP contribution in [0.2, 0.25) is 0 Å². The van der Waals surface area contributed by atoms with E-state index in [0.29, 0.717) is 18.7 Å². The molecule has 0 radical (unpaired) electrons. The molecule has 2 N–H and O–H groups in total. The van der Waals surface area contributed by atoms with E-state index in [1.807, 2.05) is 0 Å². The first-order valence-corrected chi connectivity index (χ1v) is 4.67. The van der Waals surface area contributed by atoms with E-state index < -0.39 is 11.9 Å². The third-order valence-corrected chi connectivity index (χ3v) is 2.51. The number of nitrogens with zero attached hydrogens (tertiary/aromatic N) is 2. The molecule has 0 aromatic carbocycles. The van der Waals surface area contributed by atoms with Gasteiger partial charge in [0.15, 0.2) is 5.69 Å². The summed E-state index contributed by atoms with van der Waals surface area (Å²) in [4.78, 5) is 21.7. The first-order chi connectivity index (χ1) is 7.11. The number of carbonyl (C=O) groups is 2.